The van der Waals surface area contributed by atoms with E-state index >= 15 is 0 Å². The lowest BCUT2D eigenvalue weighted by Gasteiger charge is -2.19. The van der Waals surface area contributed by atoms with Gasteiger partial charge in [-0.15, -0.1) is 0 Å². The van der Waals surface area contributed by atoms with Crippen molar-refractivity contribution < 1.29 is 14.3 Å². The maximum absolute atomic E-state index is 12.1. The Balaban J connectivity index is 1.81. The summed E-state index contributed by atoms with van der Waals surface area (Å²) in [5.74, 6) is 0.879. The normalized spacial score (nSPS) is 15.3. The molecular weight excluding hydrogens is 268 g/mol. The number of carbonyl (C=O) groups is 2. The minimum Gasteiger partial charge on any atom is -0.493 e. The second kappa shape index (κ2) is 7.11. The fraction of sp³-hybridized carbons (Fsp3) is 0.500. The van der Waals surface area contributed by atoms with E-state index in [1.54, 1.807) is 4.90 Å². The third kappa shape index (κ3) is 4.21. The van der Waals surface area contributed by atoms with Crippen LogP contribution in [0.3, 0.4) is 0 Å². The topological polar surface area (TPSA) is 58.6 Å². The van der Waals surface area contributed by atoms with Crippen LogP contribution in [0, 0.1) is 13.8 Å². The molecule has 1 N–H and O–H groups in total. The Hall–Kier alpha value is -2.04. The van der Waals surface area contributed by atoms with Crippen LogP contribution in [0.15, 0.2) is 18.2 Å². The minimum atomic E-state index is 0.0111. The van der Waals surface area contributed by atoms with Gasteiger partial charge in [0, 0.05) is 26.1 Å². The Morgan fingerprint density at radius 3 is 2.95 bits per heavy atom. The molecule has 2 rings (SSSR count). The first-order chi connectivity index (χ1) is 10.1. The van der Waals surface area contributed by atoms with Gasteiger partial charge in [0.05, 0.1) is 13.0 Å². The second-order valence-electron chi connectivity index (χ2n) is 5.28. The van der Waals surface area contributed by atoms with Crippen LogP contribution in [0.25, 0.3) is 0 Å². The summed E-state index contributed by atoms with van der Waals surface area (Å²) < 4.78 is 5.70. The lowest BCUT2D eigenvalue weighted by molar-refractivity contribution is -0.131. The molecule has 0 radical (unpaired) electrons. The van der Waals surface area contributed by atoms with Crippen LogP contribution >= 0.6 is 0 Å². The Morgan fingerprint density at radius 1 is 1.33 bits per heavy atom. The highest BCUT2D eigenvalue weighted by Gasteiger charge is 2.18. The summed E-state index contributed by atoms with van der Waals surface area (Å²) in [5.41, 5.74) is 2.28. The highest BCUT2D eigenvalue weighted by atomic mass is 16.5. The zero-order valence-corrected chi connectivity index (χ0v) is 12.6. The third-order valence-electron chi connectivity index (χ3n) is 3.79. The quantitative estimate of drug-likeness (QED) is 0.912. The van der Waals surface area contributed by atoms with Crippen LogP contribution < -0.4 is 10.1 Å². The van der Waals surface area contributed by atoms with E-state index in [0.717, 1.165) is 11.3 Å². The second-order valence-corrected chi connectivity index (χ2v) is 5.28. The molecule has 0 spiro atoms. The van der Waals surface area contributed by atoms with Crippen molar-refractivity contribution in [3.05, 3.63) is 29.3 Å². The van der Waals surface area contributed by atoms with E-state index in [4.69, 9.17) is 4.74 Å². The van der Waals surface area contributed by atoms with E-state index in [2.05, 4.69) is 5.32 Å². The highest BCUT2D eigenvalue weighted by molar-refractivity contribution is 5.80. The molecule has 1 aliphatic rings. The van der Waals surface area contributed by atoms with Crippen molar-refractivity contribution in [1.29, 1.82) is 0 Å². The van der Waals surface area contributed by atoms with Gasteiger partial charge >= 0.3 is 0 Å². The number of benzene rings is 1. The maximum Gasteiger partial charge on any atom is 0.226 e. The molecular formula is C16H22N2O3. The van der Waals surface area contributed by atoms with Crippen molar-refractivity contribution in [2.24, 2.45) is 0 Å². The van der Waals surface area contributed by atoms with Crippen LogP contribution in [0.4, 0.5) is 0 Å². The van der Waals surface area contributed by atoms with E-state index in [1.807, 2.05) is 32.0 Å². The average Bonchev–Trinajstić information content (AvgIpc) is 2.68. The average molecular weight is 290 g/mol. The lowest BCUT2D eigenvalue weighted by Crippen LogP contribution is -2.34. The van der Waals surface area contributed by atoms with Gasteiger partial charge < -0.3 is 15.0 Å². The van der Waals surface area contributed by atoms with Gasteiger partial charge in [-0.2, -0.15) is 0 Å². The third-order valence-corrected chi connectivity index (χ3v) is 3.79. The van der Waals surface area contributed by atoms with E-state index in [-0.39, 0.29) is 11.8 Å². The monoisotopic (exact) mass is 290 g/mol. The summed E-state index contributed by atoms with van der Waals surface area (Å²) in [4.78, 5) is 25.1. The van der Waals surface area contributed by atoms with Crippen molar-refractivity contribution in [1.82, 2.24) is 10.2 Å². The van der Waals surface area contributed by atoms with Gasteiger partial charge in [0.2, 0.25) is 11.8 Å². The number of hydrogen-bond donors (Lipinski definition) is 1. The molecule has 2 amide bonds. The predicted molar refractivity (Wildman–Crippen MR) is 80.2 cm³/mol. The number of hydrogen-bond acceptors (Lipinski definition) is 3. The Labute approximate surface area is 125 Å². The van der Waals surface area contributed by atoms with Gasteiger partial charge in [-0.1, -0.05) is 12.1 Å². The number of nitrogens with one attached hydrogen (secondary N) is 1. The smallest absolute Gasteiger partial charge is 0.226 e. The molecule has 5 heteroatoms. The van der Waals surface area contributed by atoms with Crippen LogP contribution in [0.2, 0.25) is 0 Å². The summed E-state index contributed by atoms with van der Waals surface area (Å²) >= 11 is 0. The number of ether oxygens (including phenoxy) is 1. The Kier molecular flexibility index (Phi) is 5.20. The Morgan fingerprint density at radius 2 is 2.14 bits per heavy atom. The fourth-order valence-corrected chi connectivity index (χ4v) is 2.30. The van der Waals surface area contributed by atoms with Gasteiger partial charge in [-0.05, 0) is 31.0 Å². The molecule has 21 heavy (non-hydrogen) atoms. The molecule has 0 aliphatic carbocycles. The molecule has 1 heterocycles. The van der Waals surface area contributed by atoms with Crippen molar-refractivity contribution >= 4 is 11.8 Å². The lowest BCUT2D eigenvalue weighted by atomic mass is 10.1. The zero-order valence-electron chi connectivity index (χ0n) is 12.6. The number of amides is 2. The van der Waals surface area contributed by atoms with E-state index in [9.17, 15) is 9.59 Å². The van der Waals surface area contributed by atoms with Gasteiger partial charge in [0.15, 0.2) is 0 Å². The maximum atomic E-state index is 12.1. The Bertz CT molecular complexity index is 528. The summed E-state index contributed by atoms with van der Waals surface area (Å²) in [6, 6.07) is 5.90. The van der Waals surface area contributed by atoms with E-state index in [0.29, 0.717) is 39.1 Å². The molecule has 5 nitrogen and oxygen atoms in total. The zero-order chi connectivity index (χ0) is 15.2. The summed E-state index contributed by atoms with van der Waals surface area (Å²) in [6.45, 7) is 6.01. The largest absolute Gasteiger partial charge is 0.493 e. The van der Waals surface area contributed by atoms with Gasteiger partial charge in [0.1, 0.15) is 5.75 Å². The number of carbonyl (C=O) groups excluding carboxylic acids is 2. The molecule has 1 fully saturated rings. The van der Waals surface area contributed by atoms with Gasteiger partial charge in [0.25, 0.3) is 0 Å². The van der Waals surface area contributed by atoms with Crippen molar-refractivity contribution in [2.75, 3.05) is 26.2 Å². The van der Waals surface area contributed by atoms with Crippen LogP contribution in [0.5, 0.6) is 5.75 Å². The molecule has 1 aliphatic heterocycles. The minimum absolute atomic E-state index is 0.0111. The molecule has 0 atom stereocenters. The summed E-state index contributed by atoms with van der Waals surface area (Å²) in [7, 11) is 0. The predicted octanol–water partition coefficient (Wildman–Crippen LogP) is 1.42. The van der Waals surface area contributed by atoms with E-state index in [1.165, 1.54) is 5.56 Å². The van der Waals surface area contributed by atoms with Crippen LogP contribution in [-0.4, -0.2) is 43.0 Å². The van der Waals surface area contributed by atoms with Crippen molar-refractivity contribution in [3.63, 3.8) is 0 Å². The standard InChI is InChI=1S/C16H22N2O3/c1-12-4-3-5-14(13(12)2)21-11-7-16(20)18-9-6-15(19)17-8-10-18/h3-5H,6-11H2,1-2H3,(H,17,19). The summed E-state index contributed by atoms with van der Waals surface area (Å²) in [6.07, 6.45) is 0.713. The highest BCUT2D eigenvalue weighted by Crippen LogP contribution is 2.20. The molecule has 1 saturated heterocycles. The molecule has 0 bridgehead atoms. The molecule has 0 unspecified atom stereocenters. The fourth-order valence-electron chi connectivity index (χ4n) is 2.30. The van der Waals surface area contributed by atoms with Crippen molar-refractivity contribution in [3.8, 4) is 5.75 Å². The van der Waals surface area contributed by atoms with Crippen LogP contribution in [-0.2, 0) is 9.59 Å². The molecule has 1 aromatic carbocycles. The van der Waals surface area contributed by atoms with Crippen molar-refractivity contribution in [2.45, 2.75) is 26.7 Å². The molecule has 0 saturated carbocycles. The molecule has 0 aromatic heterocycles. The van der Waals surface area contributed by atoms with Gasteiger partial charge in [-0.3, -0.25) is 9.59 Å². The first-order valence-corrected chi connectivity index (χ1v) is 7.31. The first kappa shape index (κ1) is 15.4. The summed E-state index contributed by atoms with van der Waals surface area (Å²) in [5, 5.41) is 2.76. The number of nitrogens with zero attached hydrogens (tertiary/aromatic N) is 1. The first-order valence-electron chi connectivity index (χ1n) is 7.31. The number of rotatable bonds is 4. The van der Waals surface area contributed by atoms with E-state index < -0.39 is 0 Å². The molecule has 114 valence electrons. The number of aryl methyl sites for hydroxylation is 1. The SMILES string of the molecule is Cc1cccc(OCCC(=O)N2CCNC(=O)CC2)c1C. The van der Waals surface area contributed by atoms with Gasteiger partial charge in [-0.25, -0.2) is 0 Å². The molecule has 1 aromatic rings. The van der Waals surface area contributed by atoms with Crippen LogP contribution in [0.1, 0.15) is 24.0 Å².